The monoisotopic (exact) mass is 305 g/mol. The summed E-state index contributed by atoms with van der Waals surface area (Å²) in [6.45, 7) is 4.47. The summed E-state index contributed by atoms with van der Waals surface area (Å²) in [4.78, 5) is 0. The number of hydrogen-bond acceptors (Lipinski definition) is 4. The Bertz CT molecular complexity index is 594. The first kappa shape index (κ1) is 12.7. The van der Waals surface area contributed by atoms with Crippen LogP contribution in [0.2, 0.25) is 0 Å². The Kier molecular flexibility index (Phi) is 3.68. The van der Waals surface area contributed by atoms with Crippen LogP contribution < -0.4 is 5.32 Å². The summed E-state index contributed by atoms with van der Waals surface area (Å²) in [5.74, 6) is 0.827. The minimum Gasteiger partial charge on any atom is -0.381 e. The van der Waals surface area contributed by atoms with Crippen LogP contribution >= 0.6 is 15.9 Å². The standard InChI is InChI=1S/C13H12BrN3O/c1-8-12(9(2)18-17-8)7-16-11-4-3-10(6-15)13(14)5-11/h3-5,16H,7H2,1-2H3. The Morgan fingerprint density at radius 3 is 2.78 bits per heavy atom. The molecule has 1 aromatic heterocycles. The van der Waals surface area contributed by atoms with E-state index < -0.39 is 0 Å². The van der Waals surface area contributed by atoms with Crippen molar-refractivity contribution in [2.24, 2.45) is 0 Å². The van der Waals surface area contributed by atoms with Crippen molar-refractivity contribution in [3.05, 3.63) is 45.3 Å². The molecule has 0 saturated carbocycles. The van der Waals surface area contributed by atoms with Gasteiger partial charge in [-0.05, 0) is 48.0 Å². The smallest absolute Gasteiger partial charge is 0.138 e. The van der Waals surface area contributed by atoms with Crippen LogP contribution in [0.5, 0.6) is 0 Å². The third-order valence-electron chi connectivity index (χ3n) is 2.74. The third kappa shape index (κ3) is 2.54. The second-order valence-corrected chi connectivity index (χ2v) is 4.82. The maximum atomic E-state index is 8.84. The molecule has 0 aliphatic rings. The third-order valence-corrected chi connectivity index (χ3v) is 3.40. The fourth-order valence-corrected chi connectivity index (χ4v) is 2.13. The first-order valence-corrected chi connectivity index (χ1v) is 6.26. The highest BCUT2D eigenvalue weighted by Crippen LogP contribution is 2.22. The topological polar surface area (TPSA) is 61.9 Å². The zero-order valence-corrected chi connectivity index (χ0v) is 11.7. The van der Waals surface area contributed by atoms with Crippen LogP contribution in [0.1, 0.15) is 22.6 Å². The van der Waals surface area contributed by atoms with E-state index in [4.69, 9.17) is 9.78 Å². The number of aryl methyl sites for hydroxylation is 2. The van der Waals surface area contributed by atoms with Gasteiger partial charge in [-0.15, -0.1) is 0 Å². The van der Waals surface area contributed by atoms with Gasteiger partial charge in [0.1, 0.15) is 11.8 Å². The van der Waals surface area contributed by atoms with E-state index in [1.807, 2.05) is 26.0 Å². The maximum Gasteiger partial charge on any atom is 0.138 e. The molecule has 4 nitrogen and oxygen atoms in total. The average molecular weight is 306 g/mol. The molecule has 0 spiro atoms. The number of nitrogens with zero attached hydrogens (tertiary/aromatic N) is 2. The molecule has 0 aliphatic carbocycles. The number of nitrogens with one attached hydrogen (secondary N) is 1. The molecule has 0 fully saturated rings. The van der Waals surface area contributed by atoms with Crippen molar-refractivity contribution in [2.45, 2.75) is 20.4 Å². The van der Waals surface area contributed by atoms with Gasteiger partial charge in [0.15, 0.2) is 0 Å². The van der Waals surface area contributed by atoms with E-state index in [0.717, 1.165) is 27.2 Å². The Balaban J connectivity index is 2.12. The van der Waals surface area contributed by atoms with E-state index in [0.29, 0.717) is 12.1 Å². The largest absolute Gasteiger partial charge is 0.381 e. The summed E-state index contributed by atoms with van der Waals surface area (Å²) in [5, 5.41) is 16.0. The SMILES string of the molecule is Cc1noc(C)c1CNc1ccc(C#N)c(Br)c1. The van der Waals surface area contributed by atoms with Crippen LogP contribution in [-0.2, 0) is 6.54 Å². The van der Waals surface area contributed by atoms with Crippen LogP contribution in [0, 0.1) is 25.2 Å². The van der Waals surface area contributed by atoms with Crippen molar-refractivity contribution in [3.8, 4) is 6.07 Å². The minimum atomic E-state index is 0.623. The Hall–Kier alpha value is -1.80. The van der Waals surface area contributed by atoms with Crippen molar-refractivity contribution in [2.75, 3.05) is 5.32 Å². The predicted molar refractivity (Wildman–Crippen MR) is 72.2 cm³/mol. The lowest BCUT2D eigenvalue weighted by atomic mass is 10.2. The molecule has 0 bridgehead atoms. The van der Waals surface area contributed by atoms with Gasteiger partial charge in [-0.1, -0.05) is 5.16 Å². The number of halogens is 1. The van der Waals surface area contributed by atoms with Gasteiger partial charge in [0.05, 0.1) is 11.3 Å². The highest BCUT2D eigenvalue weighted by molar-refractivity contribution is 9.10. The molecule has 1 aromatic carbocycles. The van der Waals surface area contributed by atoms with Crippen molar-refractivity contribution in [3.63, 3.8) is 0 Å². The molecule has 18 heavy (non-hydrogen) atoms. The van der Waals surface area contributed by atoms with Gasteiger partial charge in [0.2, 0.25) is 0 Å². The Morgan fingerprint density at radius 2 is 2.22 bits per heavy atom. The second-order valence-electron chi connectivity index (χ2n) is 3.96. The molecule has 5 heteroatoms. The summed E-state index contributed by atoms with van der Waals surface area (Å²) >= 11 is 3.36. The van der Waals surface area contributed by atoms with Crippen LogP contribution in [0.3, 0.4) is 0 Å². The molecule has 0 unspecified atom stereocenters. The van der Waals surface area contributed by atoms with E-state index >= 15 is 0 Å². The van der Waals surface area contributed by atoms with Gasteiger partial charge >= 0.3 is 0 Å². The van der Waals surface area contributed by atoms with Gasteiger partial charge in [-0.25, -0.2) is 0 Å². The summed E-state index contributed by atoms with van der Waals surface area (Å²) in [6, 6.07) is 7.65. The van der Waals surface area contributed by atoms with Crippen molar-refractivity contribution in [1.29, 1.82) is 5.26 Å². The molecule has 0 saturated heterocycles. The number of aromatic nitrogens is 1. The summed E-state index contributed by atoms with van der Waals surface area (Å²) in [7, 11) is 0. The molecule has 1 N–H and O–H groups in total. The molecule has 0 atom stereocenters. The lowest BCUT2D eigenvalue weighted by Crippen LogP contribution is -2.01. The number of hydrogen-bond donors (Lipinski definition) is 1. The van der Waals surface area contributed by atoms with E-state index in [9.17, 15) is 0 Å². The quantitative estimate of drug-likeness (QED) is 0.942. The molecule has 0 aliphatic heterocycles. The van der Waals surface area contributed by atoms with Gasteiger partial charge < -0.3 is 9.84 Å². The normalized spacial score (nSPS) is 10.1. The van der Waals surface area contributed by atoms with Gasteiger partial charge in [-0.2, -0.15) is 5.26 Å². The highest BCUT2D eigenvalue weighted by Gasteiger charge is 2.08. The zero-order valence-electron chi connectivity index (χ0n) is 10.1. The minimum absolute atomic E-state index is 0.623. The number of nitriles is 1. The van der Waals surface area contributed by atoms with Gasteiger partial charge in [0.25, 0.3) is 0 Å². The van der Waals surface area contributed by atoms with Gasteiger partial charge in [0, 0.05) is 22.3 Å². The summed E-state index contributed by atoms with van der Waals surface area (Å²) < 4.78 is 5.89. The molecule has 2 aromatic rings. The Labute approximate surface area is 114 Å². The number of benzene rings is 1. The molecule has 0 amide bonds. The van der Waals surface area contributed by atoms with Crippen LogP contribution in [0.4, 0.5) is 5.69 Å². The molecule has 1 heterocycles. The molecular formula is C13H12BrN3O. The van der Waals surface area contributed by atoms with E-state index in [1.165, 1.54) is 0 Å². The lowest BCUT2D eigenvalue weighted by Gasteiger charge is -2.07. The molecule has 2 rings (SSSR count). The van der Waals surface area contributed by atoms with Gasteiger partial charge in [-0.3, -0.25) is 0 Å². The second kappa shape index (κ2) is 5.23. The zero-order chi connectivity index (χ0) is 13.1. The lowest BCUT2D eigenvalue weighted by molar-refractivity contribution is 0.392. The van der Waals surface area contributed by atoms with Crippen molar-refractivity contribution in [1.82, 2.24) is 5.16 Å². The summed E-state index contributed by atoms with van der Waals surface area (Å²) in [5.41, 5.74) is 3.53. The number of rotatable bonds is 3. The fraction of sp³-hybridized carbons (Fsp3) is 0.231. The first-order valence-electron chi connectivity index (χ1n) is 5.47. The van der Waals surface area contributed by atoms with Crippen LogP contribution in [0.15, 0.2) is 27.2 Å². The summed E-state index contributed by atoms with van der Waals surface area (Å²) in [6.07, 6.45) is 0. The number of anilines is 1. The van der Waals surface area contributed by atoms with E-state index in [1.54, 1.807) is 6.07 Å². The highest BCUT2D eigenvalue weighted by atomic mass is 79.9. The van der Waals surface area contributed by atoms with E-state index in [-0.39, 0.29) is 0 Å². The molecule has 92 valence electrons. The Morgan fingerprint density at radius 1 is 1.44 bits per heavy atom. The van der Waals surface area contributed by atoms with Crippen molar-refractivity contribution >= 4 is 21.6 Å². The van der Waals surface area contributed by atoms with E-state index in [2.05, 4.69) is 32.5 Å². The van der Waals surface area contributed by atoms with Crippen molar-refractivity contribution < 1.29 is 4.52 Å². The molecular weight excluding hydrogens is 294 g/mol. The fourth-order valence-electron chi connectivity index (χ4n) is 1.66. The first-order chi connectivity index (χ1) is 8.61. The van der Waals surface area contributed by atoms with Crippen LogP contribution in [0.25, 0.3) is 0 Å². The predicted octanol–water partition coefficient (Wildman–Crippen LogP) is 3.54. The average Bonchev–Trinajstić information content (AvgIpc) is 2.67. The molecule has 0 radical (unpaired) electrons. The maximum absolute atomic E-state index is 8.84. The van der Waals surface area contributed by atoms with Crippen LogP contribution in [-0.4, -0.2) is 5.16 Å².